The highest BCUT2D eigenvalue weighted by molar-refractivity contribution is 7.15. The van der Waals surface area contributed by atoms with Crippen LogP contribution in [0.25, 0.3) is 4.96 Å². The number of nitrogens with one attached hydrogen (secondary N) is 2. The smallest absolute Gasteiger partial charge is 0.357 e. The Labute approximate surface area is 149 Å². The summed E-state index contributed by atoms with van der Waals surface area (Å²) in [6.45, 7) is 3.09. The highest BCUT2D eigenvalue weighted by Gasteiger charge is 2.33. The summed E-state index contributed by atoms with van der Waals surface area (Å²) < 4.78 is 39.6. The summed E-state index contributed by atoms with van der Waals surface area (Å²) >= 11 is 2.50. The van der Waals surface area contributed by atoms with Crippen molar-refractivity contribution in [2.24, 2.45) is 4.99 Å². The van der Waals surface area contributed by atoms with Crippen LogP contribution in [0.1, 0.15) is 23.3 Å². The van der Waals surface area contributed by atoms with E-state index in [0.29, 0.717) is 24.1 Å². The Balaban J connectivity index is 1.62. The van der Waals surface area contributed by atoms with Gasteiger partial charge in [0.1, 0.15) is 5.01 Å². The summed E-state index contributed by atoms with van der Waals surface area (Å²) in [6, 6.07) is 0. The highest BCUT2D eigenvalue weighted by atomic mass is 32.1. The van der Waals surface area contributed by atoms with Gasteiger partial charge in [0.05, 0.1) is 18.8 Å². The lowest BCUT2D eigenvalue weighted by Gasteiger charge is -2.09. The molecule has 2 N–H and O–H groups in total. The first-order valence-electron chi connectivity index (χ1n) is 7.40. The third kappa shape index (κ3) is 4.48. The molecule has 0 fully saturated rings. The summed E-state index contributed by atoms with van der Waals surface area (Å²) in [5.41, 5.74) is -0.0491. The molecule has 0 saturated carbocycles. The van der Waals surface area contributed by atoms with Crippen LogP contribution >= 0.6 is 22.7 Å². The van der Waals surface area contributed by atoms with E-state index in [4.69, 9.17) is 0 Å². The minimum atomic E-state index is -4.42. The van der Waals surface area contributed by atoms with Gasteiger partial charge in [0.25, 0.3) is 0 Å². The zero-order chi connectivity index (χ0) is 17.9. The van der Waals surface area contributed by atoms with Gasteiger partial charge in [0.15, 0.2) is 16.6 Å². The minimum Gasteiger partial charge on any atom is -0.357 e. The molecule has 6 nitrogen and oxygen atoms in total. The van der Waals surface area contributed by atoms with E-state index in [1.807, 2.05) is 29.1 Å². The lowest BCUT2D eigenvalue weighted by molar-refractivity contribution is -0.140. The predicted octanol–water partition coefficient (Wildman–Crippen LogP) is 3.13. The van der Waals surface area contributed by atoms with E-state index < -0.39 is 11.9 Å². The van der Waals surface area contributed by atoms with Crippen molar-refractivity contribution in [1.29, 1.82) is 0 Å². The molecule has 0 amide bonds. The summed E-state index contributed by atoms with van der Waals surface area (Å²) in [5, 5.41) is 9.35. The number of hydrogen-bond donors (Lipinski definition) is 2. The molecule has 3 aromatic rings. The van der Waals surface area contributed by atoms with E-state index >= 15 is 0 Å². The van der Waals surface area contributed by atoms with E-state index in [2.05, 4.69) is 25.6 Å². The molecule has 0 saturated heterocycles. The molecule has 134 valence electrons. The van der Waals surface area contributed by atoms with Crippen LogP contribution in [-0.4, -0.2) is 26.9 Å². The number of fused-ring (bicyclic) bond motifs is 1. The summed E-state index contributed by atoms with van der Waals surface area (Å²) in [6.07, 6.45) is -0.596. The maximum absolute atomic E-state index is 12.6. The van der Waals surface area contributed by atoms with E-state index in [1.54, 1.807) is 0 Å². The molecule has 0 aliphatic rings. The third-order valence-corrected chi connectivity index (χ3v) is 4.76. The van der Waals surface area contributed by atoms with Gasteiger partial charge in [0.2, 0.25) is 0 Å². The molecule has 0 atom stereocenters. The van der Waals surface area contributed by atoms with Crippen LogP contribution in [0.5, 0.6) is 0 Å². The van der Waals surface area contributed by atoms with Gasteiger partial charge in [-0.3, -0.25) is 4.40 Å². The van der Waals surface area contributed by atoms with Crippen LogP contribution in [-0.2, 0) is 19.3 Å². The molecular formula is C14H15F3N6S2. The van der Waals surface area contributed by atoms with Gasteiger partial charge in [-0.15, -0.1) is 22.7 Å². The molecule has 0 bridgehead atoms. The Kier molecular flexibility index (Phi) is 5.23. The van der Waals surface area contributed by atoms with Crippen molar-refractivity contribution >= 4 is 33.6 Å². The Morgan fingerprint density at radius 1 is 1.28 bits per heavy atom. The Morgan fingerprint density at radius 2 is 2.12 bits per heavy atom. The molecule has 11 heteroatoms. The summed E-state index contributed by atoms with van der Waals surface area (Å²) in [7, 11) is 0. The van der Waals surface area contributed by atoms with Crippen molar-refractivity contribution < 1.29 is 13.2 Å². The second-order valence-corrected chi connectivity index (χ2v) is 6.81. The van der Waals surface area contributed by atoms with E-state index in [9.17, 15) is 13.2 Å². The number of aliphatic imine (C=N–C) groups is 1. The predicted molar refractivity (Wildman–Crippen MR) is 91.8 cm³/mol. The van der Waals surface area contributed by atoms with Gasteiger partial charge in [-0.25, -0.2) is 15.0 Å². The largest absolute Gasteiger partial charge is 0.434 e. The van der Waals surface area contributed by atoms with E-state index in [-0.39, 0.29) is 6.54 Å². The SMILES string of the molecule is CCNC(=NCc1cn2ccsc2n1)NCc1nc(C(F)(F)F)cs1. The van der Waals surface area contributed by atoms with Crippen LogP contribution in [0, 0.1) is 0 Å². The molecule has 0 aromatic carbocycles. The van der Waals surface area contributed by atoms with Gasteiger partial charge in [-0.2, -0.15) is 13.2 Å². The topological polar surface area (TPSA) is 66.6 Å². The van der Waals surface area contributed by atoms with Gasteiger partial charge >= 0.3 is 6.18 Å². The molecule has 3 rings (SSSR count). The van der Waals surface area contributed by atoms with Crippen LogP contribution in [0.2, 0.25) is 0 Å². The molecule has 0 spiro atoms. The van der Waals surface area contributed by atoms with Gasteiger partial charge in [0, 0.05) is 29.7 Å². The molecule has 0 unspecified atom stereocenters. The van der Waals surface area contributed by atoms with Crippen molar-refractivity contribution in [2.45, 2.75) is 26.2 Å². The maximum Gasteiger partial charge on any atom is 0.434 e. The lowest BCUT2D eigenvalue weighted by atomic mass is 10.5. The zero-order valence-electron chi connectivity index (χ0n) is 13.2. The fourth-order valence-electron chi connectivity index (χ4n) is 2.04. The van der Waals surface area contributed by atoms with Gasteiger partial charge in [-0.1, -0.05) is 0 Å². The number of guanidine groups is 1. The Hall–Kier alpha value is -2.14. The molecule has 3 heterocycles. The van der Waals surface area contributed by atoms with Crippen molar-refractivity contribution in [3.05, 3.63) is 39.5 Å². The van der Waals surface area contributed by atoms with E-state index in [0.717, 1.165) is 27.4 Å². The van der Waals surface area contributed by atoms with Crippen LogP contribution in [0.3, 0.4) is 0 Å². The second kappa shape index (κ2) is 7.40. The third-order valence-electron chi connectivity index (χ3n) is 3.14. The van der Waals surface area contributed by atoms with Crippen molar-refractivity contribution in [1.82, 2.24) is 25.0 Å². The quantitative estimate of drug-likeness (QED) is 0.521. The monoisotopic (exact) mass is 388 g/mol. The number of nitrogens with zero attached hydrogens (tertiary/aromatic N) is 4. The average Bonchev–Trinajstić information content (AvgIpc) is 3.24. The fourth-order valence-corrected chi connectivity index (χ4v) is 3.50. The van der Waals surface area contributed by atoms with Crippen LogP contribution < -0.4 is 10.6 Å². The standard InChI is InChI=1S/C14H15F3N6S2/c1-2-18-12(19-5-9-7-23-3-4-24-13(23)21-9)20-6-11-22-10(8-25-11)14(15,16)17/h3-4,7-8H,2,5-6H2,1H3,(H2,18,19,20). The zero-order valence-corrected chi connectivity index (χ0v) is 14.8. The lowest BCUT2D eigenvalue weighted by Crippen LogP contribution is -2.36. The van der Waals surface area contributed by atoms with Gasteiger partial charge in [-0.05, 0) is 6.92 Å². The van der Waals surface area contributed by atoms with Crippen molar-refractivity contribution in [3.63, 3.8) is 0 Å². The van der Waals surface area contributed by atoms with E-state index in [1.165, 1.54) is 11.3 Å². The van der Waals surface area contributed by atoms with Crippen molar-refractivity contribution in [3.8, 4) is 0 Å². The molecule has 0 aliphatic carbocycles. The molecule has 25 heavy (non-hydrogen) atoms. The molecule has 0 radical (unpaired) electrons. The Bertz CT molecular complexity index is 835. The number of hydrogen-bond acceptors (Lipinski definition) is 5. The number of imidazole rings is 1. The first-order chi connectivity index (χ1) is 12.0. The number of halogens is 3. The van der Waals surface area contributed by atoms with Crippen LogP contribution in [0.4, 0.5) is 13.2 Å². The number of alkyl halides is 3. The molecule has 0 aliphatic heterocycles. The number of rotatable bonds is 5. The van der Waals surface area contributed by atoms with Crippen LogP contribution in [0.15, 0.2) is 28.1 Å². The van der Waals surface area contributed by atoms with Crippen molar-refractivity contribution in [2.75, 3.05) is 6.54 Å². The average molecular weight is 388 g/mol. The normalized spacial score (nSPS) is 12.7. The highest BCUT2D eigenvalue weighted by Crippen LogP contribution is 2.29. The Morgan fingerprint density at radius 3 is 2.80 bits per heavy atom. The summed E-state index contributed by atoms with van der Waals surface area (Å²) in [5.74, 6) is 0.502. The first kappa shape index (κ1) is 17.7. The first-order valence-corrected chi connectivity index (χ1v) is 9.16. The number of thiazole rings is 2. The second-order valence-electron chi connectivity index (χ2n) is 5.00. The molecular weight excluding hydrogens is 373 g/mol. The minimum absolute atomic E-state index is 0.171. The van der Waals surface area contributed by atoms with Gasteiger partial charge < -0.3 is 10.6 Å². The molecule has 3 aromatic heterocycles. The number of aromatic nitrogens is 3. The summed E-state index contributed by atoms with van der Waals surface area (Å²) in [4.78, 5) is 13.3. The fraction of sp³-hybridized carbons (Fsp3) is 0.357. The maximum atomic E-state index is 12.6.